The van der Waals surface area contributed by atoms with E-state index >= 15 is 0 Å². The maximum atomic E-state index is 10.8. The van der Waals surface area contributed by atoms with Crippen molar-refractivity contribution in [2.24, 2.45) is 4.36 Å². The first-order valence-corrected chi connectivity index (χ1v) is 8.48. The molecule has 0 spiro atoms. The summed E-state index contributed by atoms with van der Waals surface area (Å²) in [5.74, 6) is 0.0802. The second-order valence-corrected chi connectivity index (χ2v) is 6.07. The van der Waals surface area contributed by atoms with Crippen LogP contribution in [0.3, 0.4) is 0 Å². The molecule has 0 fully saturated rings. The summed E-state index contributed by atoms with van der Waals surface area (Å²) in [6.07, 6.45) is 0. The first-order valence-electron chi connectivity index (χ1n) is 6.01. The smallest absolute Gasteiger partial charge is 0.316 e. The molecule has 0 amide bonds. The number of nitrogens with two attached hydrogens (primary N) is 1. The molecule has 124 valence electrons. The van der Waals surface area contributed by atoms with E-state index in [2.05, 4.69) is 4.36 Å². The molecule has 0 atom stereocenters. The van der Waals surface area contributed by atoms with Gasteiger partial charge in [0, 0.05) is 5.69 Å². The second-order valence-electron chi connectivity index (χ2n) is 4.03. The van der Waals surface area contributed by atoms with E-state index in [9.17, 15) is 16.8 Å². The molecule has 2 aromatic carbocycles. The number of para-hydroxylation sites is 1. The molecule has 0 saturated heterocycles. The number of nitrogen functional groups attached to an aromatic ring is 1. The van der Waals surface area contributed by atoms with E-state index in [4.69, 9.17) is 15.0 Å². The summed E-state index contributed by atoms with van der Waals surface area (Å²) in [5, 5.41) is 0. The molecule has 0 radical (unpaired) electrons. The maximum absolute atomic E-state index is 10.8. The molecular weight excluding hydrogens is 344 g/mol. The fourth-order valence-electron chi connectivity index (χ4n) is 1.43. The van der Waals surface area contributed by atoms with Crippen molar-refractivity contribution in [2.75, 3.05) is 12.8 Å². The van der Waals surface area contributed by atoms with Crippen molar-refractivity contribution >= 4 is 32.0 Å². The predicted molar refractivity (Wildman–Crippen MR) is 84.7 cm³/mol. The van der Waals surface area contributed by atoms with Crippen LogP contribution in [0, 0.1) is 0 Å². The molecule has 23 heavy (non-hydrogen) atoms. The zero-order chi connectivity index (χ0) is 17.5. The molecular formula is C13H14N2O6S2. The Balaban J connectivity index is 0.000000313. The van der Waals surface area contributed by atoms with E-state index in [0.29, 0.717) is 0 Å². The van der Waals surface area contributed by atoms with Crippen LogP contribution < -0.4 is 10.5 Å². The molecule has 8 nitrogen and oxygen atoms in total. The maximum Gasteiger partial charge on any atom is 0.316 e. The summed E-state index contributed by atoms with van der Waals surface area (Å²) < 4.78 is 58.9. The Morgan fingerprint density at radius 2 is 1.74 bits per heavy atom. The van der Waals surface area contributed by atoms with Crippen LogP contribution in [0.2, 0.25) is 0 Å². The van der Waals surface area contributed by atoms with Gasteiger partial charge in [0.25, 0.3) is 10.1 Å². The zero-order valence-electron chi connectivity index (χ0n) is 11.9. The molecule has 2 rings (SSSR count). The Kier molecular flexibility index (Phi) is 6.69. The molecule has 10 heteroatoms. The summed E-state index contributed by atoms with van der Waals surface area (Å²) in [4.78, 5) is -0.461. The van der Waals surface area contributed by atoms with Crippen molar-refractivity contribution in [3.63, 3.8) is 0 Å². The van der Waals surface area contributed by atoms with Crippen molar-refractivity contribution in [3.05, 3.63) is 48.5 Å². The topological polar surface area (TPSA) is 136 Å². The van der Waals surface area contributed by atoms with Gasteiger partial charge in [0.05, 0.1) is 12.0 Å². The van der Waals surface area contributed by atoms with Crippen LogP contribution in [0.15, 0.2) is 57.8 Å². The lowest BCUT2D eigenvalue weighted by Gasteiger charge is -2.03. The normalized spacial score (nSPS) is 10.2. The zero-order valence-corrected chi connectivity index (χ0v) is 13.6. The Morgan fingerprint density at radius 3 is 2.13 bits per heavy atom. The van der Waals surface area contributed by atoms with Crippen molar-refractivity contribution < 1.29 is 26.1 Å². The van der Waals surface area contributed by atoms with Gasteiger partial charge in [-0.1, -0.05) is 18.2 Å². The van der Waals surface area contributed by atoms with Gasteiger partial charge in [-0.15, -0.1) is 4.36 Å². The standard InChI is InChI=1S/C7H7NO6S2.C6H7N/c1-14-7-3-2-5(16(11,12)13)4-6(7)8-15(9)10;7-6-4-2-1-3-5-6/h2-4H,1H3,(H,11,12,13);1-5H,7H2. The summed E-state index contributed by atoms with van der Waals surface area (Å²) in [7, 11) is -5.87. The first-order chi connectivity index (χ1) is 10.7. The third-order valence-electron chi connectivity index (χ3n) is 2.42. The van der Waals surface area contributed by atoms with E-state index in [1.165, 1.54) is 13.2 Å². The van der Waals surface area contributed by atoms with Gasteiger partial charge in [-0.3, -0.25) is 4.55 Å². The number of methoxy groups -OCH3 is 1. The molecule has 0 aliphatic carbocycles. The molecule has 2 aromatic rings. The molecule has 0 saturated carbocycles. The second kappa shape index (κ2) is 8.27. The molecule has 0 aliphatic rings. The fraction of sp³-hybridized carbons (Fsp3) is 0.0769. The summed E-state index contributed by atoms with van der Waals surface area (Å²) in [5.41, 5.74) is 5.98. The first kappa shape index (κ1) is 18.6. The van der Waals surface area contributed by atoms with E-state index in [1.54, 1.807) is 0 Å². The van der Waals surface area contributed by atoms with Gasteiger partial charge in [0.1, 0.15) is 11.4 Å². The van der Waals surface area contributed by atoms with Crippen LogP contribution in [0.25, 0.3) is 0 Å². The lowest BCUT2D eigenvalue weighted by molar-refractivity contribution is 0.415. The monoisotopic (exact) mass is 358 g/mol. The minimum Gasteiger partial charge on any atom is -0.494 e. The summed E-state index contributed by atoms with van der Waals surface area (Å²) >= 11 is 0. The van der Waals surface area contributed by atoms with Gasteiger partial charge in [0.2, 0.25) is 0 Å². The van der Waals surface area contributed by atoms with Gasteiger partial charge in [0.15, 0.2) is 0 Å². The number of ether oxygens (including phenoxy) is 1. The van der Waals surface area contributed by atoms with Gasteiger partial charge in [-0.05, 0) is 30.3 Å². The van der Waals surface area contributed by atoms with Gasteiger partial charge < -0.3 is 10.5 Å². The fourth-order valence-corrected chi connectivity index (χ4v) is 2.24. The number of rotatable bonds is 3. The molecule has 0 aromatic heterocycles. The average Bonchev–Trinajstić information content (AvgIpc) is 2.47. The highest BCUT2D eigenvalue weighted by atomic mass is 32.2. The highest BCUT2D eigenvalue weighted by Crippen LogP contribution is 2.29. The number of hydrogen-bond donors (Lipinski definition) is 2. The molecule has 0 bridgehead atoms. The van der Waals surface area contributed by atoms with E-state index in [1.807, 2.05) is 30.3 Å². The van der Waals surface area contributed by atoms with E-state index in [-0.39, 0.29) is 11.4 Å². The van der Waals surface area contributed by atoms with Crippen molar-refractivity contribution in [3.8, 4) is 5.75 Å². The van der Waals surface area contributed by atoms with Crippen LogP contribution in [0.1, 0.15) is 0 Å². The molecule has 0 aliphatic heterocycles. The molecule has 3 N–H and O–H groups in total. The largest absolute Gasteiger partial charge is 0.494 e. The Morgan fingerprint density at radius 1 is 1.13 bits per heavy atom. The van der Waals surface area contributed by atoms with Crippen LogP contribution >= 0.6 is 0 Å². The van der Waals surface area contributed by atoms with Crippen LogP contribution in [-0.2, 0) is 20.6 Å². The highest BCUT2D eigenvalue weighted by Gasteiger charge is 2.13. The number of nitrogens with zero attached hydrogens (tertiary/aromatic N) is 1. The number of benzene rings is 2. The third kappa shape index (κ3) is 6.46. The molecule has 0 heterocycles. The Labute approximate surface area is 135 Å². The average molecular weight is 358 g/mol. The van der Waals surface area contributed by atoms with Crippen LogP contribution in [-0.4, -0.2) is 28.5 Å². The Hall–Kier alpha value is -2.43. The van der Waals surface area contributed by atoms with Gasteiger partial charge in [-0.25, -0.2) is 0 Å². The third-order valence-corrected chi connectivity index (χ3v) is 3.62. The summed E-state index contributed by atoms with van der Waals surface area (Å²) in [6, 6.07) is 12.6. The van der Waals surface area contributed by atoms with E-state index in [0.717, 1.165) is 17.8 Å². The van der Waals surface area contributed by atoms with E-state index < -0.39 is 25.5 Å². The lowest BCUT2D eigenvalue weighted by Crippen LogP contribution is -1.97. The van der Waals surface area contributed by atoms with Gasteiger partial charge >= 0.3 is 10.5 Å². The van der Waals surface area contributed by atoms with Crippen molar-refractivity contribution in [1.29, 1.82) is 0 Å². The number of hydrogen-bond acceptors (Lipinski definition) is 7. The summed E-state index contributed by atoms with van der Waals surface area (Å²) in [6.45, 7) is 0. The lowest BCUT2D eigenvalue weighted by atomic mass is 10.3. The highest BCUT2D eigenvalue weighted by molar-refractivity contribution is 7.85. The predicted octanol–water partition coefficient (Wildman–Crippen LogP) is 1.90. The van der Waals surface area contributed by atoms with Crippen LogP contribution in [0.5, 0.6) is 5.75 Å². The minimum atomic E-state index is -4.40. The Bertz CT molecular complexity index is 885. The quantitative estimate of drug-likeness (QED) is 0.631. The number of anilines is 1. The van der Waals surface area contributed by atoms with Gasteiger partial charge in [-0.2, -0.15) is 16.8 Å². The van der Waals surface area contributed by atoms with Crippen molar-refractivity contribution in [2.45, 2.75) is 4.90 Å². The molecule has 0 unspecified atom stereocenters. The van der Waals surface area contributed by atoms with Crippen LogP contribution in [0.4, 0.5) is 11.4 Å². The van der Waals surface area contributed by atoms with Crippen molar-refractivity contribution in [1.82, 2.24) is 0 Å². The SMILES string of the molecule is COc1ccc(S(=O)(=O)O)cc1N=S(=O)=O.Nc1ccccc1. The minimum absolute atomic E-state index is 0.0802.